The standard InChI is InChI=1S/C20H24N6O2/c1-12-15(17(27)22-10-13-5-6-13)11-23-26(12)16-9-14(7-8-21-16)18-24-19(25-28-18)20(2,3)4/h7-9,11,13H,5-6,10H2,1-4H3,(H,22,27). The number of nitrogens with zero attached hydrogens (tertiary/aromatic N) is 5. The molecule has 1 saturated carbocycles. The topological polar surface area (TPSA) is 98.7 Å². The number of amides is 1. The number of hydrogen-bond donors (Lipinski definition) is 1. The summed E-state index contributed by atoms with van der Waals surface area (Å²) in [5.41, 5.74) is 1.85. The lowest BCUT2D eigenvalue weighted by Gasteiger charge is -2.10. The van der Waals surface area contributed by atoms with E-state index in [1.165, 1.54) is 12.8 Å². The number of carbonyl (C=O) groups is 1. The van der Waals surface area contributed by atoms with E-state index in [1.807, 2.05) is 39.8 Å². The largest absolute Gasteiger partial charge is 0.352 e. The molecule has 3 heterocycles. The summed E-state index contributed by atoms with van der Waals surface area (Å²) in [7, 11) is 0. The van der Waals surface area contributed by atoms with Crippen LogP contribution in [0.2, 0.25) is 0 Å². The predicted octanol–water partition coefficient (Wildman–Crippen LogP) is 3.06. The molecule has 0 bridgehead atoms. The summed E-state index contributed by atoms with van der Waals surface area (Å²) in [5.74, 6) is 2.20. The molecule has 1 N–H and O–H groups in total. The normalized spacial score (nSPS) is 14.3. The second-order valence-corrected chi connectivity index (χ2v) is 8.28. The third-order valence-corrected chi connectivity index (χ3v) is 4.81. The molecule has 8 heteroatoms. The third kappa shape index (κ3) is 3.67. The summed E-state index contributed by atoms with van der Waals surface area (Å²) < 4.78 is 7.07. The molecule has 8 nitrogen and oxygen atoms in total. The van der Waals surface area contributed by atoms with E-state index < -0.39 is 0 Å². The minimum Gasteiger partial charge on any atom is -0.352 e. The second-order valence-electron chi connectivity index (χ2n) is 8.28. The molecular weight excluding hydrogens is 356 g/mol. The molecule has 28 heavy (non-hydrogen) atoms. The van der Waals surface area contributed by atoms with E-state index >= 15 is 0 Å². The number of nitrogens with one attached hydrogen (secondary N) is 1. The van der Waals surface area contributed by atoms with Crippen LogP contribution < -0.4 is 5.32 Å². The number of aromatic nitrogens is 5. The van der Waals surface area contributed by atoms with E-state index in [2.05, 4.69) is 25.5 Å². The molecule has 1 aliphatic carbocycles. The van der Waals surface area contributed by atoms with Crippen molar-refractivity contribution in [3.63, 3.8) is 0 Å². The van der Waals surface area contributed by atoms with E-state index in [1.54, 1.807) is 17.1 Å². The fourth-order valence-electron chi connectivity index (χ4n) is 2.83. The molecule has 0 aromatic carbocycles. The molecular formula is C20H24N6O2. The monoisotopic (exact) mass is 380 g/mol. The van der Waals surface area contributed by atoms with Crippen LogP contribution >= 0.6 is 0 Å². The average Bonchev–Trinajstić information content (AvgIpc) is 3.19. The second kappa shape index (κ2) is 6.85. The molecule has 1 aliphatic rings. The van der Waals surface area contributed by atoms with Gasteiger partial charge in [-0.2, -0.15) is 10.1 Å². The van der Waals surface area contributed by atoms with Gasteiger partial charge in [0.15, 0.2) is 11.6 Å². The molecule has 0 saturated heterocycles. The molecule has 0 spiro atoms. The highest BCUT2D eigenvalue weighted by Gasteiger charge is 2.24. The number of rotatable bonds is 5. The summed E-state index contributed by atoms with van der Waals surface area (Å²) in [5, 5.41) is 11.4. The maximum Gasteiger partial charge on any atom is 0.258 e. The maximum absolute atomic E-state index is 12.4. The molecule has 0 unspecified atom stereocenters. The summed E-state index contributed by atoms with van der Waals surface area (Å²) >= 11 is 0. The maximum atomic E-state index is 12.4. The average molecular weight is 380 g/mol. The summed E-state index contributed by atoms with van der Waals surface area (Å²) in [6, 6.07) is 3.64. The van der Waals surface area contributed by atoms with Crippen LogP contribution in [0.15, 0.2) is 29.0 Å². The summed E-state index contributed by atoms with van der Waals surface area (Å²) in [6.07, 6.45) is 5.64. The van der Waals surface area contributed by atoms with Crippen molar-refractivity contribution in [2.24, 2.45) is 5.92 Å². The van der Waals surface area contributed by atoms with Gasteiger partial charge in [0.2, 0.25) is 0 Å². The quantitative estimate of drug-likeness (QED) is 0.730. The van der Waals surface area contributed by atoms with Crippen LogP contribution in [0.1, 0.15) is 55.5 Å². The van der Waals surface area contributed by atoms with Crippen molar-refractivity contribution in [2.45, 2.75) is 46.0 Å². The Bertz CT molecular complexity index is 1010. The number of pyridine rings is 1. The zero-order chi connectivity index (χ0) is 19.9. The zero-order valence-electron chi connectivity index (χ0n) is 16.6. The van der Waals surface area contributed by atoms with E-state index in [0.717, 1.165) is 17.8 Å². The Kier molecular flexibility index (Phi) is 4.49. The van der Waals surface area contributed by atoms with Crippen LogP contribution in [0.25, 0.3) is 17.3 Å². The van der Waals surface area contributed by atoms with Crippen molar-refractivity contribution in [2.75, 3.05) is 6.54 Å². The first kappa shape index (κ1) is 18.3. The highest BCUT2D eigenvalue weighted by molar-refractivity contribution is 5.95. The first-order valence-corrected chi connectivity index (χ1v) is 9.47. The van der Waals surface area contributed by atoms with Gasteiger partial charge in [-0.05, 0) is 37.8 Å². The highest BCUT2D eigenvalue weighted by Crippen LogP contribution is 2.28. The van der Waals surface area contributed by atoms with Crippen LogP contribution in [0, 0.1) is 12.8 Å². The van der Waals surface area contributed by atoms with Gasteiger partial charge < -0.3 is 9.84 Å². The van der Waals surface area contributed by atoms with Gasteiger partial charge >= 0.3 is 0 Å². The molecule has 146 valence electrons. The summed E-state index contributed by atoms with van der Waals surface area (Å²) in [6.45, 7) is 8.68. The van der Waals surface area contributed by atoms with Gasteiger partial charge in [-0.25, -0.2) is 9.67 Å². The smallest absolute Gasteiger partial charge is 0.258 e. The van der Waals surface area contributed by atoms with Gasteiger partial charge in [-0.3, -0.25) is 4.79 Å². The van der Waals surface area contributed by atoms with Gasteiger partial charge in [0.25, 0.3) is 11.8 Å². The van der Waals surface area contributed by atoms with Gasteiger partial charge in [0.1, 0.15) is 0 Å². The first-order valence-electron chi connectivity index (χ1n) is 9.47. The van der Waals surface area contributed by atoms with E-state index in [0.29, 0.717) is 29.0 Å². The fourth-order valence-corrected chi connectivity index (χ4v) is 2.83. The van der Waals surface area contributed by atoms with Crippen molar-refractivity contribution in [1.29, 1.82) is 0 Å². The van der Waals surface area contributed by atoms with Gasteiger partial charge in [0, 0.05) is 23.7 Å². The third-order valence-electron chi connectivity index (χ3n) is 4.81. The molecule has 0 atom stereocenters. The molecule has 1 fully saturated rings. The molecule has 0 radical (unpaired) electrons. The minimum absolute atomic E-state index is 0.0986. The Balaban J connectivity index is 1.59. The predicted molar refractivity (Wildman–Crippen MR) is 103 cm³/mol. The van der Waals surface area contributed by atoms with Crippen molar-refractivity contribution >= 4 is 5.91 Å². The summed E-state index contributed by atoms with van der Waals surface area (Å²) in [4.78, 5) is 21.3. The molecule has 1 amide bonds. The Morgan fingerprint density at radius 2 is 2.14 bits per heavy atom. The lowest BCUT2D eigenvalue weighted by Crippen LogP contribution is -2.25. The Labute approximate surface area is 163 Å². The first-order chi connectivity index (χ1) is 13.3. The van der Waals surface area contributed by atoms with Crippen LogP contribution in [0.3, 0.4) is 0 Å². The van der Waals surface area contributed by atoms with Gasteiger partial charge in [0.05, 0.1) is 17.5 Å². The lowest BCUT2D eigenvalue weighted by molar-refractivity contribution is 0.0951. The van der Waals surface area contributed by atoms with Crippen molar-refractivity contribution < 1.29 is 9.32 Å². The minimum atomic E-state index is -0.196. The molecule has 3 aromatic rings. The van der Waals surface area contributed by atoms with Crippen molar-refractivity contribution in [3.8, 4) is 17.3 Å². The number of carbonyl (C=O) groups excluding carboxylic acids is 1. The van der Waals surface area contributed by atoms with E-state index in [4.69, 9.17) is 4.52 Å². The Hall–Kier alpha value is -3.03. The Morgan fingerprint density at radius 1 is 1.36 bits per heavy atom. The van der Waals surface area contributed by atoms with Crippen LogP contribution in [0.4, 0.5) is 0 Å². The van der Waals surface area contributed by atoms with Crippen LogP contribution in [0.5, 0.6) is 0 Å². The van der Waals surface area contributed by atoms with Gasteiger partial charge in [-0.1, -0.05) is 25.9 Å². The molecule has 4 rings (SSSR count). The SMILES string of the molecule is Cc1c(C(=O)NCC2CC2)cnn1-c1cc(-c2nc(C(C)(C)C)no2)ccn1. The van der Waals surface area contributed by atoms with Crippen molar-refractivity contribution in [1.82, 2.24) is 30.2 Å². The highest BCUT2D eigenvalue weighted by atomic mass is 16.5. The zero-order valence-corrected chi connectivity index (χ0v) is 16.6. The van der Waals surface area contributed by atoms with Gasteiger partial charge in [-0.15, -0.1) is 0 Å². The number of hydrogen-bond acceptors (Lipinski definition) is 6. The Morgan fingerprint density at radius 3 is 2.82 bits per heavy atom. The molecule has 0 aliphatic heterocycles. The van der Waals surface area contributed by atoms with E-state index in [9.17, 15) is 4.79 Å². The van der Waals surface area contributed by atoms with Crippen molar-refractivity contribution in [3.05, 3.63) is 41.6 Å². The van der Waals surface area contributed by atoms with Crippen LogP contribution in [-0.2, 0) is 5.41 Å². The molecule has 3 aromatic heterocycles. The fraction of sp³-hybridized carbons (Fsp3) is 0.450. The van der Waals surface area contributed by atoms with E-state index in [-0.39, 0.29) is 11.3 Å². The van der Waals surface area contributed by atoms with Crippen LogP contribution in [-0.4, -0.2) is 37.4 Å². The lowest BCUT2D eigenvalue weighted by atomic mass is 9.96.